The zero-order valence-electron chi connectivity index (χ0n) is 20.7. The van der Waals surface area contributed by atoms with Crippen LogP contribution in [0, 0.1) is 13.8 Å². The average molecular weight is 481 g/mol. The van der Waals surface area contributed by atoms with Gasteiger partial charge >= 0.3 is 12.0 Å². The third kappa shape index (κ3) is 5.09. The lowest BCUT2D eigenvalue weighted by molar-refractivity contribution is -0.139. The van der Waals surface area contributed by atoms with Crippen LogP contribution < -0.4 is 5.32 Å². The number of urea groups is 1. The number of hydrogen-bond donors (Lipinski definition) is 1. The molecule has 2 aliphatic heterocycles. The Balaban J connectivity index is 1.61. The van der Waals surface area contributed by atoms with E-state index in [0.29, 0.717) is 49.8 Å². The number of benzene rings is 1. The summed E-state index contributed by atoms with van der Waals surface area (Å²) in [6.07, 6.45) is 1.49. The largest absolute Gasteiger partial charge is 0.463 e. The van der Waals surface area contributed by atoms with Gasteiger partial charge in [-0.15, -0.1) is 0 Å². The summed E-state index contributed by atoms with van der Waals surface area (Å²) < 4.78 is 10.7. The van der Waals surface area contributed by atoms with Crippen LogP contribution in [0.25, 0.3) is 0 Å². The molecule has 3 amide bonds. The van der Waals surface area contributed by atoms with E-state index in [9.17, 15) is 14.4 Å². The second-order valence-electron chi connectivity index (χ2n) is 8.93. The van der Waals surface area contributed by atoms with Crippen LogP contribution >= 0.6 is 0 Å². The van der Waals surface area contributed by atoms with Crippen molar-refractivity contribution in [2.75, 3.05) is 46.4 Å². The third-order valence-electron chi connectivity index (χ3n) is 6.58. The Bertz CT molecular complexity index is 1130. The number of likely N-dealkylation sites (N-methyl/N-ethyl adjacent to an activating group) is 1. The molecule has 9 nitrogen and oxygen atoms in total. The van der Waals surface area contributed by atoms with Gasteiger partial charge in [-0.25, -0.2) is 9.59 Å². The fraction of sp³-hybridized carbons (Fsp3) is 0.423. The Hall–Kier alpha value is -3.59. The van der Waals surface area contributed by atoms with Crippen molar-refractivity contribution >= 4 is 17.9 Å². The average Bonchev–Trinajstić information content (AvgIpc) is 3.38. The maximum absolute atomic E-state index is 13.2. The Morgan fingerprint density at radius 1 is 1.14 bits per heavy atom. The summed E-state index contributed by atoms with van der Waals surface area (Å²) in [7, 11) is 1.67. The van der Waals surface area contributed by atoms with E-state index >= 15 is 0 Å². The SMILES string of the molecule is CCOC(=O)C1=C(CN2CCN(C(=O)c3ccco3)CC2)N(C)C(=O)NC1c1cc(C)ccc1C. The summed E-state index contributed by atoms with van der Waals surface area (Å²) in [5.41, 5.74) is 3.96. The number of carbonyl (C=O) groups excluding carboxylic acids is 3. The van der Waals surface area contributed by atoms with Crippen LogP contribution in [0.2, 0.25) is 0 Å². The van der Waals surface area contributed by atoms with Crippen LogP contribution in [0.15, 0.2) is 52.3 Å². The number of rotatable bonds is 6. The van der Waals surface area contributed by atoms with Gasteiger partial charge in [-0.05, 0) is 44.0 Å². The predicted octanol–water partition coefficient (Wildman–Crippen LogP) is 2.87. The first kappa shape index (κ1) is 24.5. The molecule has 186 valence electrons. The lowest BCUT2D eigenvalue weighted by atomic mass is 9.90. The zero-order valence-corrected chi connectivity index (χ0v) is 20.7. The van der Waals surface area contributed by atoms with Gasteiger partial charge in [0.25, 0.3) is 5.91 Å². The topological polar surface area (TPSA) is 95.3 Å². The summed E-state index contributed by atoms with van der Waals surface area (Å²) in [5, 5.41) is 2.99. The number of ether oxygens (including phenoxy) is 1. The van der Waals surface area contributed by atoms with Crippen molar-refractivity contribution in [2.24, 2.45) is 0 Å². The minimum atomic E-state index is -0.602. The summed E-state index contributed by atoms with van der Waals surface area (Å²) in [5.74, 6) is -0.247. The Morgan fingerprint density at radius 3 is 2.54 bits per heavy atom. The molecule has 0 aliphatic carbocycles. The van der Waals surface area contributed by atoms with E-state index < -0.39 is 12.0 Å². The monoisotopic (exact) mass is 480 g/mol. The van der Waals surface area contributed by atoms with Crippen molar-refractivity contribution < 1.29 is 23.5 Å². The van der Waals surface area contributed by atoms with E-state index in [-0.39, 0.29) is 18.5 Å². The highest BCUT2D eigenvalue weighted by atomic mass is 16.5. The first-order valence-corrected chi connectivity index (χ1v) is 11.9. The number of furan rings is 1. The molecule has 1 aromatic carbocycles. The van der Waals surface area contributed by atoms with Gasteiger partial charge in [0.2, 0.25) is 0 Å². The number of carbonyl (C=O) groups is 3. The molecule has 3 heterocycles. The van der Waals surface area contributed by atoms with Gasteiger partial charge in [0.15, 0.2) is 5.76 Å². The van der Waals surface area contributed by atoms with Gasteiger partial charge in [0.05, 0.1) is 24.5 Å². The molecule has 1 aromatic heterocycles. The molecule has 35 heavy (non-hydrogen) atoms. The van der Waals surface area contributed by atoms with Crippen LogP contribution in [0.4, 0.5) is 4.79 Å². The second kappa shape index (κ2) is 10.4. The van der Waals surface area contributed by atoms with E-state index in [1.54, 1.807) is 31.0 Å². The van der Waals surface area contributed by atoms with Gasteiger partial charge < -0.3 is 19.4 Å². The number of piperazine rings is 1. The molecule has 0 radical (unpaired) electrons. The summed E-state index contributed by atoms with van der Waals surface area (Å²) >= 11 is 0. The molecule has 1 fully saturated rings. The molecule has 2 aromatic rings. The quantitative estimate of drug-likeness (QED) is 0.639. The number of nitrogens with one attached hydrogen (secondary N) is 1. The molecule has 9 heteroatoms. The van der Waals surface area contributed by atoms with Crippen LogP contribution in [0.5, 0.6) is 0 Å². The van der Waals surface area contributed by atoms with Crippen molar-refractivity contribution in [2.45, 2.75) is 26.8 Å². The smallest absolute Gasteiger partial charge is 0.338 e. The highest BCUT2D eigenvalue weighted by molar-refractivity contribution is 5.95. The first-order valence-electron chi connectivity index (χ1n) is 11.9. The van der Waals surface area contributed by atoms with Gasteiger partial charge in [-0.1, -0.05) is 23.8 Å². The van der Waals surface area contributed by atoms with Gasteiger partial charge in [0.1, 0.15) is 0 Å². The number of aryl methyl sites for hydroxylation is 2. The zero-order chi connectivity index (χ0) is 25.1. The minimum absolute atomic E-state index is 0.134. The fourth-order valence-corrected chi connectivity index (χ4v) is 4.58. The summed E-state index contributed by atoms with van der Waals surface area (Å²) in [6, 6.07) is 8.49. The predicted molar refractivity (Wildman–Crippen MR) is 130 cm³/mol. The maximum Gasteiger partial charge on any atom is 0.338 e. The summed E-state index contributed by atoms with van der Waals surface area (Å²) in [4.78, 5) is 44.2. The molecular formula is C26H32N4O5. The molecule has 1 unspecified atom stereocenters. The van der Waals surface area contributed by atoms with Gasteiger partial charge in [-0.3, -0.25) is 14.6 Å². The highest BCUT2D eigenvalue weighted by Crippen LogP contribution is 2.33. The second-order valence-corrected chi connectivity index (χ2v) is 8.93. The first-order chi connectivity index (χ1) is 16.8. The Morgan fingerprint density at radius 2 is 1.89 bits per heavy atom. The molecule has 0 saturated carbocycles. The van der Waals surface area contributed by atoms with E-state index in [1.165, 1.54) is 11.2 Å². The van der Waals surface area contributed by atoms with E-state index in [2.05, 4.69) is 10.2 Å². The molecule has 0 spiro atoms. The molecule has 4 rings (SSSR count). The van der Waals surface area contributed by atoms with Gasteiger partial charge in [0, 0.05) is 45.5 Å². The Labute approximate surface area is 205 Å². The number of amides is 3. The number of nitrogens with zero attached hydrogens (tertiary/aromatic N) is 3. The molecular weight excluding hydrogens is 448 g/mol. The number of esters is 1. The van der Waals surface area contributed by atoms with E-state index in [0.717, 1.165) is 16.7 Å². The number of hydrogen-bond acceptors (Lipinski definition) is 6. The fourth-order valence-electron chi connectivity index (χ4n) is 4.58. The van der Waals surface area contributed by atoms with Crippen LogP contribution in [0.1, 0.15) is 40.2 Å². The van der Waals surface area contributed by atoms with Crippen molar-refractivity contribution in [3.63, 3.8) is 0 Å². The molecule has 2 aliphatic rings. The van der Waals surface area contributed by atoms with Gasteiger partial charge in [-0.2, -0.15) is 0 Å². The van der Waals surface area contributed by atoms with Crippen LogP contribution in [0.3, 0.4) is 0 Å². The van der Waals surface area contributed by atoms with Crippen molar-refractivity contribution in [3.8, 4) is 0 Å². The van der Waals surface area contributed by atoms with Crippen LogP contribution in [-0.4, -0.2) is 79.0 Å². The molecule has 1 N–H and O–H groups in total. The molecule has 0 bridgehead atoms. The van der Waals surface area contributed by atoms with Crippen molar-refractivity contribution in [1.82, 2.24) is 20.0 Å². The lowest BCUT2D eigenvalue weighted by Gasteiger charge is -2.39. The lowest BCUT2D eigenvalue weighted by Crippen LogP contribution is -2.53. The van der Waals surface area contributed by atoms with E-state index in [4.69, 9.17) is 9.15 Å². The Kier molecular flexibility index (Phi) is 7.25. The van der Waals surface area contributed by atoms with Crippen LogP contribution in [-0.2, 0) is 9.53 Å². The van der Waals surface area contributed by atoms with Crippen molar-refractivity contribution in [3.05, 3.63) is 70.3 Å². The highest BCUT2D eigenvalue weighted by Gasteiger charge is 2.38. The maximum atomic E-state index is 13.2. The van der Waals surface area contributed by atoms with E-state index in [1.807, 2.05) is 32.0 Å². The summed E-state index contributed by atoms with van der Waals surface area (Å²) in [6.45, 7) is 8.61. The standard InChI is InChI=1S/C26H32N4O5/c1-5-34-25(32)22-20(16-29-10-12-30(13-11-29)24(31)21-7-6-14-35-21)28(4)26(33)27-23(22)19-15-17(2)8-9-18(19)3/h6-9,14-15,23H,5,10-13,16H2,1-4H3,(H,27,33). The molecule has 1 saturated heterocycles. The van der Waals surface area contributed by atoms with Crippen molar-refractivity contribution in [1.29, 1.82) is 0 Å². The normalized spacial score (nSPS) is 19.1. The molecule has 1 atom stereocenters. The minimum Gasteiger partial charge on any atom is -0.463 e. The third-order valence-corrected chi connectivity index (χ3v) is 6.58.